The third-order valence-corrected chi connectivity index (χ3v) is 6.31. The fraction of sp³-hybridized carbons (Fsp3) is 0.136. The van der Waals surface area contributed by atoms with E-state index in [0.717, 1.165) is 0 Å². The van der Waals surface area contributed by atoms with Crippen LogP contribution in [-0.4, -0.2) is 55.8 Å². The summed E-state index contributed by atoms with van der Waals surface area (Å²) < 4.78 is 40.2. The summed E-state index contributed by atoms with van der Waals surface area (Å²) in [6.45, 7) is 1.98. The fourth-order valence-electron chi connectivity index (χ4n) is 3.24. The maximum absolute atomic E-state index is 11.2. The number of nitrogen functional groups attached to an aromatic ring is 3. The first-order valence-corrected chi connectivity index (χ1v) is 13.0. The lowest BCUT2D eigenvalue weighted by atomic mass is 10.1. The van der Waals surface area contributed by atoms with Gasteiger partial charge in [-0.3, -0.25) is 0 Å². The molecule has 3 aromatic carbocycles. The summed E-state index contributed by atoms with van der Waals surface area (Å²) in [5.41, 5.74) is 18.3. The molecule has 0 saturated carbocycles. The lowest BCUT2D eigenvalue weighted by Gasteiger charge is -2.09. The van der Waals surface area contributed by atoms with Gasteiger partial charge >= 0.3 is 0 Å². The van der Waals surface area contributed by atoms with Crippen LogP contribution in [-0.2, 0) is 22.2 Å². The van der Waals surface area contributed by atoms with Crippen molar-refractivity contribution in [1.29, 1.82) is 0 Å². The first-order chi connectivity index (χ1) is 18.0. The van der Waals surface area contributed by atoms with E-state index in [1.807, 2.05) is 0 Å². The molecule has 38 heavy (non-hydrogen) atoms. The number of phenolic OH excluding ortho intramolecular Hbond substituents is 1. The number of anilines is 6. The van der Waals surface area contributed by atoms with Gasteiger partial charge in [0.05, 0.1) is 33.5 Å². The van der Waals surface area contributed by atoms with Gasteiger partial charge in [0, 0.05) is 17.6 Å². The average molecular weight is 563 g/mol. The molecule has 0 amide bonds. The molecule has 1 heterocycles. The molecule has 0 bridgehead atoms. The fourth-order valence-corrected chi connectivity index (χ4v) is 4.18. The Morgan fingerprint density at radius 3 is 2.24 bits per heavy atom. The third kappa shape index (κ3) is 7.02. The van der Waals surface area contributed by atoms with Crippen LogP contribution in [0.2, 0.25) is 0 Å². The molecule has 0 saturated heterocycles. The van der Waals surface area contributed by atoms with Crippen LogP contribution in [0.25, 0.3) is 10.8 Å². The summed E-state index contributed by atoms with van der Waals surface area (Å²) >= 11 is -4.32. The lowest BCUT2D eigenvalue weighted by Crippen LogP contribution is -2.11. The van der Waals surface area contributed by atoms with E-state index in [0.29, 0.717) is 40.5 Å². The first-order valence-electron chi connectivity index (χ1n) is 10.8. The van der Waals surface area contributed by atoms with Gasteiger partial charge in [0.1, 0.15) is 11.6 Å². The largest absolute Gasteiger partial charge is 0.507 e. The van der Waals surface area contributed by atoms with Crippen LogP contribution in [0, 0.1) is 6.92 Å². The van der Waals surface area contributed by atoms with Gasteiger partial charge in [-0.25, -0.2) is 8.42 Å². The number of benzene rings is 3. The van der Waals surface area contributed by atoms with Crippen molar-refractivity contribution in [3.05, 3.63) is 48.3 Å². The van der Waals surface area contributed by atoms with Gasteiger partial charge in [-0.05, 0) is 48.7 Å². The van der Waals surface area contributed by atoms with E-state index in [-0.39, 0.29) is 39.5 Å². The van der Waals surface area contributed by atoms with Crippen molar-refractivity contribution in [2.75, 3.05) is 41.0 Å². The highest BCUT2D eigenvalue weighted by atomic mass is 32.2. The van der Waals surface area contributed by atoms with Gasteiger partial charge in [-0.2, -0.15) is 15.0 Å². The third-order valence-electron chi connectivity index (χ3n) is 4.95. The summed E-state index contributed by atoms with van der Waals surface area (Å²) in [5, 5.41) is 25.2. The first kappa shape index (κ1) is 28.5. The van der Waals surface area contributed by atoms with Crippen molar-refractivity contribution in [2.24, 2.45) is 0 Å². The monoisotopic (exact) mass is 562 g/mol. The number of aryl methyl sites for hydroxylation is 1. The molecule has 0 radical (unpaired) electrons. The van der Waals surface area contributed by atoms with Gasteiger partial charge in [-0.1, -0.05) is 6.07 Å². The molecule has 0 aliphatic carbocycles. The standard InChI is InChI=1S/C12H16N6O3S.C10H10N2O3S/c1-7-15-11(14-4-5-19)18-12(16-7)17-8-2-3-9(13)10(6-8)22(20)21;11-7-2-1-5-3-6(16(14)15)4-8(13)9(5)10(7)12/h2-3,6,19H,4-5,13H2,1H3,(H,20,21)(H2,14,15,16,17,18);1-4,13H,11-12H2,(H,14,15). The van der Waals surface area contributed by atoms with Crippen molar-refractivity contribution in [3.63, 3.8) is 0 Å². The average Bonchev–Trinajstić information content (AvgIpc) is 2.85. The normalized spacial score (nSPS) is 12.3. The van der Waals surface area contributed by atoms with Crippen LogP contribution in [0.3, 0.4) is 0 Å². The maximum Gasteiger partial charge on any atom is 0.232 e. The molecule has 16 heteroatoms. The molecular formula is C22H26N8O6S2. The number of hydrogen-bond donors (Lipinski definition) is 9. The Bertz CT molecular complexity index is 1520. The number of aliphatic hydroxyl groups is 1. The number of nitrogens with zero attached hydrogens (tertiary/aromatic N) is 3. The Kier molecular flexibility index (Phi) is 9.32. The Hall–Kier alpha value is -4.09. The molecular weight excluding hydrogens is 536 g/mol. The lowest BCUT2D eigenvalue weighted by molar-refractivity contribution is 0.310. The van der Waals surface area contributed by atoms with E-state index in [9.17, 15) is 13.5 Å². The molecule has 0 fully saturated rings. The van der Waals surface area contributed by atoms with Crippen molar-refractivity contribution >= 4 is 67.6 Å². The summed E-state index contributed by atoms with van der Waals surface area (Å²) in [6.07, 6.45) is 0. The van der Waals surface area contributed by atoms with Crippen molar-refractivity contribution in [1.82, 2.24) is 15.0 Å². The number of aromatic hydroxyl groups is 1. The molecule has 14 nitrogen and oxygen atoms in total. The Balaban J connectivity index is 0.000000221. The van der Waals surface area contributed by atoms with Crippen molar-refractivity contribution < 1.29 is 27.7 Å². The number of hydrogen-bond acceptors (Lipinski definition) is 12. The smallest absolute Gasteiger partial charge is 0.232 e. The zero-order valence-electron chi connectivity index (χ0n) is 20.0. The summed E-state index contributed by atoms with van der Waals surface area (Å²) in [4.78, 5) is 12.6. The second-order valence-corrected chi connectivity index (χ2v) is 9.57. The van der Waals surface area contributed by atoms with E-state index in [2.05, 4.69) is 25.6 Å². The number of phenols is 1. The van der Waals surface area contributed by atoms with E-state index >= 15 is 0 Å². The minimum atomic E-state index is -2.18. The van der Waals surface area contributed by atoms with Crippen LogP contribution in [0.5, 0.6) is 5.75 Å². The summed E-state index contributed by atoms with van der Waals surface area (Å²) in [6, 6.07) is 10.5. The zero-order chi connectivity index (χ0) is 28.0. The number of nitrogens with two attached hydrogens (primary N) is 3. The minimum Gasteiger partial charge on any atom is -0.507 e. The van der Waals surface area contributed by atoms with Gasteiger partial charge in [-0.15, -0.1) is 0 Å². The predicted octanol–water partition coefficient (Wildman–Crippen LogP) is 1.78. The number of rotatable bonds is 7. The van der Waals surface area contributed by atoms with Crippen LogP contribution in [0.15, 0.2) is 52.3 Å². The van der Waals surface area contributed by atoms with Crippen molar-refractivity contribution in [2.45, 2.75) is 16.7 Å². The van der Waals surface area contributed by atoms with E-state index in [1.165, 1.54) is 24.3 Å². The molecule has 4 rings (SSSR count). The molecule has 202 valence electrons. The quantitative estimate of drug-likeness (QED) is 0.115. The SMILES string of the molecule is Cc1nc(NCCO)nc(Nc2ccc(N)c(S(=O)O)c2)n1.Nc1ccc2cc(S(=O)O)cc(O)c2c1N. The van der Waals surface area contributed by atoms with Crippen LogP contribution in [0.4, 0.5) is 34.6 Å². The highest BCUT2D eigenvalue weighted by Crippen LogP contribution is 2.35. The second kappa shape index (κ2) is 12.4. The van der Waals surface area contributed by atoms with Crippen LogP contribution in [0.1, 0.15) is 5.82 Å². The minimum absolute atomic E-state index is 0.0445. The Labute approximate surface area is 221 Å². The topological polar surface area (TPSA) is 256 Å². The molecule has 12 N–H and O–H groups in total. The molecule has 2 atom stereocenters. The molecule has 0 aliphatic rings. The molecule has 4 aromatic rings. The van der Waals surface area contributed by atoms with Crippen molar-refractivity contribution in [3.8, 4) is 5.75 Å². The molecule has 2 unspecified atom stereocenters. The molecule has 0 aliphatic heterocycles. The van der Waals surface area contributed by atoms with E-state index in [4.69, 9.17) is 31.4 Å². The number of nitrogens with one attached hydrogen (secondary N) is 2. The van der Waals surface area contributed by atoms with Gasteiger partial charge in [0.15, 0.2) is 22.2 Å². The second-order valence-electron chi connectivity index (χ2n) is 7.67. The molecule has 0 spiro atoms. The Morgan fingerprint density at radius 1 is 0.895 bits per heavy atom. The summed E-state index contributed by atoms with van der Waals surface area (Å²) in [5.74, 6) is 0.928. The highest BCUT2D eigenvalue weighted by Gasteiger charge is 2.11. The summed E-state index contributed by atoms with van der Waals surface area (Å²) in [7, 11) is 0. The van der Waals surface area contributed by atoms with Crippen LogP contribution < -0.4 is 27.8 Å². The number of aliphatic hydroxyl groups excluding tert-OH is 1. The number of aromatic nitrogens is 3. The van der Waals surface area contributed by atoms with Crippen LogP contribution >= 0.6 is 0 Å². The zero-order valence-corrected chi connectivity index (χ0v) is 21.6. The number of fused-ring (bicyclic) bond motifs is 1. The predicted molar refractivity (Wildman–Crippen MR) is 147 cm³/mol. The van der Waals surface area contributed by atoms with Gasteiger partial charge < -0.3 is 47.2 Å². The van der Waals surface area contributed by atoms with E-state index < -0.39 is 22.2 Å². The Morgan fingerprint density at radius 2 is 1.58 bits per heavy atom. The van der Waals surface area contributed by atoms with Gasteiger partial charge in [0.25, 0.3) is 0 Å². The highest BCUT2D eigenvalue weighted by molar-refractivity contribution is 7.79. The molecule has 1 aromatic heterocycles. The maximum atomic E-state index is 11.2. The van der Waals surface area contributed by atoms with Gasteiger partial charge in [0.2, 0.25) is 11.9 Å². The van der Waals surface area contributed by atoms with E-state index in [1.54, 1.807) is 25.1 Å².